The fourth-order valence-corrected chi connectivity index (χ4v) is 3.42. The average Bonchev–Trinajstić information content (AvgIpc) is 3.33. The van der Waals surface area contributed by atoms with Crippen LogP contribution in [-0.4, -0.2) is 46.2 Å². The van der Waals surface area contributed by atoms with Crippen molar-refractivity contribution in [3.05, 3.63) is 35.4 Å². The van der Waals surface area contributed by atoms with E-state index in [1.165, 1.54) is 4.90 Å². The van der Waals surface area contributed by atoms with Crippen LogP contribution in [0.3, 0.4) is 0 Å². The Labute approximate surface area is 139 Å². The molecule has 1 aromatic carbocycles. The molecule has 3 amide bonds. The fourth-order valence-electron chi connectivity index (χ4n) is 2.55. The van der Waals surface area contributed by atoms with Gasteiger partial charge in [-0.2, -0.15) is 0 Å². The molecule has 5 nitrogen and oxygen atoms in total. The summed E-state index contributed by atoms with van der Waals surface area (Å²) in [6.45, 7) is 2.29. The number of benzene rings is 1. The predicted octanol–water partition coefficient (Wildman–Crippen LogP) is 2.07. The van der Waals surface area contributed by atoms with E-state index in [1.54, 1.807) is 36.0 Å². The van der Waals surface area contributed by atoms with Crippen LogP contribution in [0.5, 0.6) is 0 Å². The third kappa shape index (κ3) is 3.58. The van der Waals surface area contributed by atoms with Gasteiger partial charge in [-0.25, -0.2) is 0 Å². The molecule has 1 heterocycles. The molecule has 0 bridgehead atoms. The van der Waals surface area contributed by atoms with Crippen LogP contribution >= 0.6 is 11.8 Å². The highest BCUT2D eigenvalue weighted by Gasteiger charge is 2.34. The zero-order valence-corrected chi connectivity index (χ0v) is 13.9. The van der Waals surface area contributed by atoms with E-state index in [0.717, 1.165) is 18.6 Å². The summed E-state index contributed by atoms with van der Waals surface area (Å²) in [5, 5.41) is 2.88. The number of carbonyl (C=O) groups is 3. The Morgan fingerprint density at radius 1 is 1.26 bits per heavy atom. The molecule has 1 aliphatic heterocycles. The van der Waals surface area contributed by atoms with Crippen LogP contribution in [0.2, 0.25) is 0 Å². The summed E-state index contributed by atoms with van der Waals surface area (Å²) in [5.41, 5.74) is 0.977. The SMILES string of the molecule is CC(SCCCN1C(=O)c2ccccc2C1=O)C(=O)NC1CC1. The fraction of sp³-hybridized carbons (Fsp3) is 0.471. The summed E-state index contributed by atoms with van der Waals surface area (Å²) in [7, 11) is 0. The lowest BCUT2D eigenvalue weighted by Crippen LogP contribution is -2.33. The van der Waals surface area contributed by atoms with Crippen LogP contribution < -0.4 is 5.32 Å². The van der Waals surface area contributed by atoms with E-state index in [2.05, 4.69) is 5.32 Å². The van der Waals surface area contributed by atoms with Crippen molar-refractivity contribution in [2.24, 2.45) is 0 Å². The molecular formula is C17H20N2O3S. The number of hydrogen-bond donors (Lipinski definition) is 1. The van der Waals surface area contributed by atoms with Gasteiger partial charge in [-0.15, -0.1) is 11.8 Å². The smallest absolute Gasteiger partial charge is 0.261 e. The lowest BCUT2D eigenvalue weighted by Gasteiger charge is -2.15. The quantitative estimate of drug-likeness (QED) is 0.613. The number of hydrogen-bond acceptors (Lipinski definition) is 4. The van der Waals surface area contributed by atoms with E-state index >= 15 is 0 Å². The Balaban J connectivity index is 1.43. The first-order valence-corrected chi connectivity index (χ1v) is 9.00. The second-order valence-electron chi connectivity index (χ2n) is 5.96. The minimum absolute atomic E-state index is 0.0817. The number of carbonyl (C=O) groups excluding carboxylic acids is 3. The van der Waals surface area contributed by atoms with Crippen molar-refractivity contribution in [2.45, 2.75) is 37.5 Å². The molecule has 0 radical (unpaired) electrons. The summed E-state index contributed by atoms with van der Waals surface area (Å²) < 4.78 is 0. The molecule has 3 rings (SSSR count). The van der Waals surface area contributed by atoms with Gasteiger partial charge in [-0.05, 0) is 44.1 Å². The van der Waals surface area contributed by atoms with E-state index in [-0.39, 0.29) is 23.0 Å². The van der Waals surface area contributed by atoms with Crippen LogP contribution in [-0.2, 0) is 4.79 Å². The molecule has 0 saturated heterocycles. The van der Waals surface area contributed by atoms with Crippen LogP contribution in [0.15, 0.2) is 24.3 Å². The highest BCUT2D eigenvalue weighted by Crippen LogP contribution is 2.23. The second kappa shape index (κ2) is 6.74. The molecule has 6 heteroatoms. The lowest BCUT2D eigenvalue weighted by molar-refractivity contribution is -0.120. The number of rotatable bonds is 7. The van der Waals surface area contributed by atoms with Crippen molar-refractivity contribution >= 4 is 29.5 Å². The van der Waals surface area contributed by atoms with Gasteiger partial charge in [0.25, 0.3) is 11.8 Å². The maximum absolute atomic E-state index is 12.2. The number of imide groups is 1. The van der Waals surface area contributed by atoms with E-state index in [9.17, 15) is 14.4 Å². The first-order chi connectivity index (χ1) is 11.1. The van der Waals surface area contributed by atoms with Gasteiger partial charge in [0, 0.05) is 12.6 Å². The van der Waals surface area contributed by atoms with Crippen molar-refractivity contribution < 1.29 is 14.4 Å². The largest absolute Gasteiger partial charge is 0.352 e. The van der Waals surface area contributed by atoms with Gasteiger partial charge in [-0.3, -0.25) is 19.3 Å². The zero-order valence-electron chi connectivity index (χ0n) is 13.1. The molecule has 1 aliphatic carbocycles. The summed E-state index contributed by atoms with van der Waals surface area (Å²) in [6.07, 6.45) is 2.86. The molecule has 1 N–H and O–H groups in total. The van der Waals surface area contributed by atoms with Gasteiger partial charge >= 0.3 is 0 Å². The van der Waals surface area contributed by atoms with Crippen molar-refractivity contribution in [1.82, 2.24) is 10.2 Å². The molecule has 1 unspecified atom stereocenters. The minimum atomic E-state index is -0.213. The Morgan fingerprint density at radius 3 is 2.43 bits per heavy atom. The summed E-state index contributed by atoms with van der Waals surface area (Å²) >= 11 is 1.56. The first-order valence-electron chi connectivity index (χ1n) is 7.95. The number of nitrogens with zero attached hydrogens (tertiary/aromatic N) is 1. The van der Waals surface area contributed by atoms with Crippen molar-refractivity contribution in [3.8, 4) is 0 Å². The molecule has 0 spiro atoms. The lowest BCUT2D eigenvalue weighted by atomic mass is 10.1. The number of nitrogens with one attached hydrogen (secondary N) is 1. The predicted molar refractivity (Wildman–Crippen MR) is 89.5 cm³/mol. The molecule has 122 valence electrons. The highest BCUT2D eigenvalue weighted by atomic mass is 32.2. The number of thioether (sulfide) groups is 1. The second-order valence-corrected chi connectivity index (χ2v) is 7.41. The Bertz CT molecular complexity index is 607. The normalized spacial score (nSPS) is 18.0. The van der Waals surface area contributed by atoms with Crippen LogP contribution in [0.25, 0.3) is 0 Å². The van der Waals surface area contributed by atoms with E-state index < -0.39 is 0 Å². The Kier molecular flexibility index (Phi) is 4.71. The van der Waals surface area contributed by atoms with E-state index in [4.69, 9.17) is 0 Å². The van der Waals surface area contributed by atoms with E-state index in [0.29, 0.717) is 30.1 Å². The van der Waals surface area contributed by atoms with Crippen molar-refractivity contribution in [2.75, 3.05) is 12.3 Å². The van der Waals surface area contributed by atoms with Gasteiger partial charge < -0.3 is 5.32 Å². The van der Waals surface area contributed by atoms with Gasteiger partial charge in [0.05, 0.1) is 16.4 Å². The van der Waals surface area contributed by atoms with E-state index in [1.807, 2.05) is 6.92 Å². The van der Waals surface area contributed by atoms with Gasteiger partial charge in [0.1, 0.15) is 0 Å². The highest BCUT2D eigenvalue weighted by molar-refractivity contribution is 8.00. The molecule has 1 aromatic rings. The maximum atomic E-state index is 12.2. The average molecular weight is 332 g/mol. The monoisotopic (exact) mass is 332 g/mol. The molecule has 23 heavy (non-hydrogen) atoms. The van der Waals surface area contributed by atoms with Gasteiger partial charge in [0.2, 0.25) is 5.91 Å². The zero-order chi connectivity index (χ0) is 16.4. The van der Waals surface area contributed by atoms with Crippen LogP contribution in [0, 0.1) is 0 Å². The molecule has 2 aliphatic rings. The van der Waals surface area contributed by atoms with Gasteiger partial charge in [-0.1, -0.05) is 12.1 Å². The molecule has 1 saturated carbocycles. The summed E-state index contributed by atoms with van der Waals surface area (Å²) in [4.78, 5) is 37.6. The number of amides is 3. The Morgan fingerprint density at radius 2 is 1.87 bits per heavy atom. The molecule has 1 atom stereocenters. The third-order valence-corrected chi connectivity index (χ3v) is 5.30. The van der Waals surface area contributed by atoms with Crippen LogP contribution in [0.1, 0.15) is 46.9 Å². The van der Waals surface area contributed by atoms with Crippen LogP contribution in [0.4, 0.5) is 0 Å². The Hall–Kier alpha value is -1.82. The molecule has 1 fully saturated rings. The van der Waals surface area contributed by atoms with Crippen molar-refractivity contribution in [3.63, 3.8) is 0 Å². The standard InChI is InChI=1S/C17H20N2O3S/c1-11(15(20)18-12-7-8-12)23-10-4-9-19-16(21)13-5-2-3-6-14(13)17(19)22/h2-3,5-6,11-12H,4,7-10H2,1H3,(H,18,20). The minimum Gasteiger partial charge on any atom is -0.352 e. The summed E-state index contributed by atoms with van der Waals surface area (Å²) in [6, 6.07) is 7.29. The number of fused-ring (bicyclic) bond motifs is 1. The topological polar surface area (TPSA) is 66.5 Å². The third-order valence-electron chi connectivity index (χ3n) is 4.07. The van der Waals surface area contributed by atoms with Crippen molar-refractivity contribution in [1.29, 1.82) is 0 Å². The first kappa shape index (κ1) is 16.1. The maximum Gasteiger partial charge on any atom is 0.261 e. The molecular weight excluding hydrogens is 312 g/mol. The summed E-state index contributed by atoms with van der Waals surface area (Å²) in [5.74, 6) is 0.399. The molecule has 0 aromatic heterocycles. The van der Waals surface area contributed by atoms with Gasteiger partial charge in [0.15, 0.2) is 0 Å².